The molecule has 2 aromatic carbocycles. The summed E-state index contributed by atoms with van der Waals surface area (Å²) in [6.45, 7) is 7.38. The molecule has 29 heavy (non-hydrogen) atoms. The Hall–Kier alpha value is -1.11. The van der Waals surface area contributed by atoms with Crippen molar-refractivity contribution in [3.63, 3.8) is 0 Å². The number of hydrogen-bond donors (Lipinski definition) is 0. The van der Waals surface area contributed by atoms with E-state index in [-0.39, 0.29) is 0 Å². The Labute approximate surface area is 192 Å². The normalized spacial score (nSPS) is 18.4. The van der Waals surface area contributed by atoms with Crippen LogP contribution in [0.4, 0.5) is 5.69 Å². The van der Waals surface area contributed by atoms with Gasteiger partial charge in [0.25, 0.3) is 0 Å². The van der Waals surface area contributed by atoms with Crippen molar-refractivity contribution in [2.75, 3.05) is 58.3 Å². The highest BCUT2D eigenvalue weighted by Crippen LogP contribution is 2.15. The first-order valence-electron chi connectivity index (χ1n) is 11.0. The van der Waals surface area contributed by atoms with E-state index in [0.717, 1.165) is 6.54 Å². The molecule has 0 bridgehead atoms. The Morgan fingerprint density at radius 3 is 1.62 bits per heavy atom. The molecule has 0 saturated carbocycles. The second kappa shape index (κ2) is 14.8. The molecular weight excluding hydrogens is 469 g/mol. The van der Waals surface area contributed by atoms with Crippen LogP contribution in [0.15, 0.2) is 60.7 Å². The Morgan fingerprint density at radius 2 is 1.07 bits per heavy atom. The van der Waals surface area contributed by atoms with E-state index in [0.29, 0.717) is 0 Å². The van der Waals surface area contributed by atoms with Gasteiger partial charge in [0.2, 0.25) is 0 Å². The zero-order valence-corrected chi connectivity index (χ0v) is 20.4. The van der Waals surface area contributed by atoms with E-state index in [1.807, 2.05) is 18.2 Å². The molecule has 2 saturated heterocycles. The molecule has 0 aliphatic carbocycles. The van der Waals surface area contributed by atoms with Gasteiger partial charge in [0.15, 0.2) is 0 Å². The molecule has 0 unspecified atom stereocenters. The fraction of sp³-hybridized carbons (Fsp3) is 0.520. The first-order chi connectivity index (χ1) is 14.1. The molecular formula is C25H38IN3. The zero-order chi connectivity index (χ0) is 20.7. The average Bonchev–Trinajstić information content (AvgIpc) is 3.12. The standard InChI is InChI=1S/C12H18N2.C7H15N.C6H5I/c1-13-8-5-9-14(11-10-13)12-6-3-2-4-7-12;1-8-6-4-2-3-5-7-8;7-6-4-2-1-3-5-6/h2-4,6-7H,5,8-11H2,1H3;2-7H2,1H3;1-5H. The molecule has 2 aliphatic rings. The molecule has 2 aromatic rings. The van der Waals surface area contributed by atoms with Crippen LogP contribution in [0.1, 0.15) is 32.1 Å². The van der Waals surface area contributed by atoms with Crippen LogP contribution in [0.5, 0.6) is 0 Å². The van der Waals surface area contributed by atoms with Gasteiger partial charge in [-0.05, 0) is 99.8 Å². The van der Waals surface area contributed by atoms with Crippen molar-refractivity contribution in [2.24, 2.45) is 0 Å². The third-order valence-electron chi connectivity index (χ3n) is 5.40. The fourth-order valence-corrected chi connectivity index (χ4v) is 4.00. The highest BCUT2D eigenvalue weighted by atomic mass is 127. The van der Waals surface area contributed by atoms with Crippen molar-refractivity contribution in [1.29, 1.82) is 0 Å². The summed E-state index contributed by atoms with van der Waals surface area (Å²) in [6.07, 6.45) is 6.99. The lowest BCUT2D eigenvalue weighted by Gasteiger charge is -2.22. The topological polar surface area (TPSA) is 9.72 Å². The molecule has 4 rings (SSSR count). The van der Waals surface area contributed by atoms with E-state index in [1.165, 1.54) is 74.1 Å². The number of nitrogens with zero attached hydrogens (tertiary/aromatic N) is 3. The molecule has 2 aliphatic heterocycles. The van der Waals surface area contributed by atoms with Crippen LogP contribution in [0.25, 0.3) is 0 Å². The summed E-state index contributed by atoms with van der Waals surface area (Å²) in [7, 11) is 4.42. The minimum Gasteiger partial charge on any atom is -0.370 e. The first kappa shape index (κ1) is 24.2. The van der Waals surface area contributed by atoms with Crippen molar-refractivity contribution in [3.8, 4) is 0 Å². The van der Waals surface area contributed by atoms with Crippen molar-refractivity contribution >= 4 is 28.3 Å². The van der Waals surface area contributed by atoms with Gasteiger partial charge in [-0.2, -0.15) is 0 Å². The third-order valence-corrected chi connectivity index (χ3v) is 6.12. The maximum atomic E-state index is 2.48. The third kappa shape index (κ3) is 11.0. The van der Waals surface area contributed by atoms with Gasteiger partial charge in [-0.15, -0.1) is 0 Å². The maximum absolute atomic E-state index is 2.48. The molecule has 0 N–H and O–H groups in total. The zero-order valence-electron chi connectivity index (χ0n) is 18.3. The minimum atomic E-state index is 1.15. The average molecular weight is 508 g/mol. The van der Waals surface area contributed by atoms with Gasteiger partial charge in [-0.1, -0.05) is 49.2 Å². The van der Waals surface area contributed by atoms with Crippen LogP contribution in [0.2, 0.25) is 0 Å². The molecule has 3 nitrogen and oxygen atoms in total. The summed E-state index contributed by atoms with van der Waals surface area (Å²) < 4.78 is 1.29. The number of hydrogen-bond acceptors (Lipinski definition) is 3. The van der Waals surface area contributed by atoms with Crippen LogP contribution in [0.3, 0.4) is 0 Å². The molecule has 160 valence electrons. The summed E-state index contributed by atoms with van der Waals surface area (Å²) in [6, 6.07) is 20.9. The number of likely N-dealkylation sites (N-methyl/N-ethyl adjacent to an activating group) is 1. The largest absolute Gasteiger partial charge is 0.370 e. The smallest absolute Gasteiger partial charge is 0.0366 e. The summed E-state index contributed by atoms with van der Waals surface area (Å²) >= 11 is 2.28. The lowest BCUT2D eigenvalue weighted by atomic mass is 10.2. The highest BCUT2D eigenvalue weighted by molar-refractivity contribution is 14.1. The second-order valence-corrected chi connectivity index (χ2v) is 9.24. The van der Waals surface area contributed by atoms with E-state index in [9.17, 15) is 0 Å². The van der Waals surface area contributed by atoms with E-state index in [4.69, 9.17) is 0 Å². The molecule has 0 aromatic heterocycles. The fourth-order valence-electron chi connectivity index (χ4n) is 3.59. The van der Waals surface area contributed by atoms with Gasteiger partial charge >= 0.3 is 0 Å². The SMILES string of the molecule is CN1CCCCCC1.CN1CCCN(c2ccccc2)CC1.Ic1ccccc1. The molecule has 0 radical (unpaired) electrons. The molecule has 0 spiro atoms. The number of rotatable bonds is 1. The van der Waals surface area contributed by atoms with E-state index < -0.39 is 0 Å². The van der Waals surface area contributed by atoms with Crippen LogP contribution < -0.4 is 4.90 Å². The van der Waals surface area contributed by atoms with Crippen molar-refractivity contribution < 1.29 is 0 Å². The number of halogens is 1. The Balaban J connectivity index is 0.000000170. The number of likely N-dealkylation sites (tertiary alicyclic amines) is 1. The Bertz CT molecular complexity index is 627. The van der Waals surface area contributed by atoms with Crippen molar-refractivity contribution in [1.82, 2.24) is 9.80 Å². The van der Waals surface area contributed by atoms with Crippen LogP contribution in [-0.4, -0.2) is 63.2 Å². The van der Waals surface area contributed by atoms with Gasteiger partial charge in [-0.3, -0.25) is 0 Å². The molecule has 0 amide bonds. The summed E-state index contributed by atoms with van der Waals surface area (Å²) in [5.74, 6) is 0. The van der Waals surface area contributed by atoms with Crippen molar-refractivity contribution in [3.05, 3.63) is 64.2 Å². The number of anilines is 1. The van der Waals surface area contributed by atoms with E-state index in [1.54, 1.807) is 0 Å². The van der Waals surface area contributed by atoms with Crippen LogP contribution >= 0.6 is 22.6 Å². The predicted octanol–water partition coefficient (Wildman–Crippen LogP) is 5.61. The van der Waals surface area contributed by atoms with Crippen LogP contribution in [-0.2, 0) is 0 Å². The van der Waals surface area contributed by atoms with Crippen LogP contribution in [0, 0.1) is 3.57 Å². The monoisotopic (exact) mass is 507 g/mol. The second-order valence-electron chi connectivity index (χ2n) is 7.99. The molecule has 2 heterocycles. The molecule has 4 heteroatoms. The van der Waals surface area contributed by atoms with E-state index >= 15 is 0 Å². The number of benzene rings is 2. The quantitative estimate of drug-likeness (QED) is 0.465. The van der Waals surface area contributed by atoms with Gasteiger partial charge in [0.1, 0.15) is 0 Å². The van der Waals surface area contributed by atoms with Gasteiger partial charge in [0.05, 0.1) is 0 Å². The Morgan fingerprint density at radius 1 is 0.552 bits per heavy atom. The summed E-state index contributed by atoms with van der Waals surface area (Å²) in [4.78, 5) is 7.30. The lowest BCUT2D eigenvalue weighted by molar-refractivity contribution is 0.349. The van der Waals surface area contributed by atoms with Gasteiger partial charge < -0.3 is 14.7 Å². The minimum absolute atomic E-state index is 1.15. The highest BCUT2D eigenvalue weighted by Gasteiger charge is 2.11. The maximum Gasteiger partial charge on any atom is 0.0366 e. The van der Waals surface area contributed by atoms with E-state index in [2.05, 4.69) is 93.9 Å². The molecule has 2 fully saturated rings. The van der Waals surface area contributed by atoms with Gasteiger partial charge in [0, 0.05) is 28.9 Å². The first-order valence-corrected chi connectivity index (χ1v) is 12.1. The number of para-hydroxylation sites is 1. The predicted molar refractivity (Wildman–Crippen MR) is 136 cm³/mol. The lowest BCUT2D eigenvalue weighted by Crippen LogP contribution is -2.28. The summed E-state index contributed by atoms with van der Waals surface area (Å²) in [5, 5.41) is 0. The molecule has 0 atom stereocenters. The Kier molecular flexibility index (Phi) is 12.3. The van der Waals surface area contributed by atoms with Gasteiger partial charge in [-0.25, -0.2) is 0 Å². The van der Waals surface area contributed by atoms with Crippen molar-refractivity contribution in [2.45, 2.75) is 32.1 Å². The summed E-state index contributed by atoms with van der Waals surface area (Å²) in [5.41, 5.74) is 1.36.